The van der Waals surface area contributed by atoms with Gasteiger partial charge in [0.1, 0.15) is 0 Å². The van der Waals surface area contributed by atoms with Crippen LogP contribution >= 0.6 is 0 Å². The molecule has 6 nitrogen and oxygen atoms in total. The SMILES string of the molecule is Cc1cc(C2=NCc3cc(CC(=O)N[C@@H]4CN(C)C[C@H]4c4ccccc4)ncc32)ccn1. The molecule has 1 N–H and O–H groups in total. The molecule has 0 radical (unpaired) electrons. The Balaban J connectivity index is 1.27. The maximum atomic E-state index is 12.9. The Bertz CT molecular complexity index is 1170. The number of pyridine rings is 2. The minimum absolute atomic E-state index is 0.0163. The van der Waals surface area contributed by atoms with Gasteiger partial charge >= 0.3 is 0 Å². The second-order valence-corrected chi connectivity index (χ2v) is 8.77. The van der Waals surface area contributed by atoms with Crippen molar-refractivity contribution in [1.82, 2.24) is 20.2 Å². The van der Waals surface area contributed by atoms with Gasteiger partial charge < -0.3 is 10.2 Å². The van der Waals surface area contributed by atoms with Crippen molar-refractivity contribution in [2.24, 2.45) is 4.99 Å². The number of carbonyl (C=O) groups is 1. The third-order valence-corrected chi connectivity index (χ3v) is 6.30. The molecule has 0 saturated carbocycles. The van der Waals surface area contributed by atoms with Gasteiger partial charge in [0.15, 0.2) is 0 Å². The third-order valence-electron chi connectivity index (χ3n) is 6.30. The minimum Gasteiger partial charge on any atom is -0.351 e. The molecular weight excluding hydrogens is 398 g/mol. The second-order valence-electron chi connectivity index (χ2n) is 8.77. The molecule has 6 heteroatoms. The molecule has 5 rings (SSSR count). The van der Waals surface area contributed by atoms with Crippen LogP contribution in [-0.2, 0) is 17.8 Å². The zero-order valence-corrected chi connectivity index (χ0v) is 18.5. The molecule has 1 fully saturated rings. The smallest absolute Gasteiger partial charge is 0.226 e. The number of hydrogen-bond donors (Lipinski definition) is 1. The van der Waals surface area contributed by atoms with Crippen LogP contribution in [-0.4, -0.2) is 52.7 Å². The molecular formula is C26H27N5O. The molecule has 2 aliphatic heterocycles. The number of benzene rings is 1. The van der Waals surface area contributed by atoms with Gasteiger partial charge in [-0.3, -0.25) is 19.8 Å². The molecule has 1 amide bonds. The molecule has 0 unspecified atom stereocenters. The van der Waals surface area contributed by atoms with E-state index in [2.05, 4.69) is 51.5 Å². The van der Waals surface area contributed by atoms with E-state index in [1.54, 1.807) is 6.20 Å². The highest BCUT2D eigenvalue weighted by Gasteiger charge is 2.33. The Morgan fingerprint density at radius 3 is 2.78 bits per heavy atom. The van der Waals surface area contributed by atoms with E-state index in [9.17, 15) is 4.79 Å². The lowest BCUT2D eigenvalue weighted by atomic mass is 9.94. The van der Waals surface area contributed by atoms with Crippen LogP contribution in [0.1, 0.15) is 39.6 Å². The number of nitrogens with zero attached hydrogens (tertiary/aromatic N) is 4. The summed E-state index contributed by atoms with van der Waals surface area (Å²) in [5.74, 6) is 0.320. The van der Waals surface area contributed by atoms with Crippen molar-refractivity contribution in [2.75, 3.05) is 20.1 Å². The summed E-state index contributed by atoms with van der Waals surface area (Å²) in [6.07, 6.45) is 3.94. The highest BCUT2D eigenvalue weighted by atomic mass is 16.1. The maximum absolute atomic E-state index is 12.9. The predicted molar refractivity (Wildman–Crippen MR) is 125 cm³/mol. The summed E-state index contributed by atoms with van der Waals surface area (Å²) in [6.45, 7) is 4.39. The van der Waals surface area contributed by atoms with Gasteiger partial charge in [0.05, 0.1) is 24.4 Å². The molecule has 162 valence electrons. The van der Waals surface area contributed by atoms with E-state index in [-0.39, 0.29) is 18.4 Å². The molecule has 0 spiro atoms. The summed E-state index contributed by atoms with van der Waals surface area (Å²) in [4.78, 5) is 28.7. The van der Waals surface area contributed by atoms with Crippen LogP contribution in [0.5, 0.6) is 0 Å². The first-order chi connectivity index (χ1) is 15.6. The largest absolute Gasteiger partial charge is 0.351 e. The lowest BCUT2D eigenvalue weighted by molar-refractivity contribution is -0.121. The number of aryl methyl sites for hydroxylation is 1. The number of aromatic nitrogens is 2. The molecule has 2 atom stereocenters. The normalized spacial score (nSPS) is 20.1. The Hall–Kier alpha value is -3.38. The zero-order valence-electron chi connectivity index (χ0n) is 18.5. The molecule has 2 aliphatic rings. The third kappa shape index (κ3) is 4.18. The van der Waals surface area contributed by atoms with E-state index >= 15 is 0 Å². The number of likely N-dealkylation sites (N-methyl/N-ethyl adjacent to an activating group) is 1. The number of hydrogen-bond acceptors (Lipinski definition) is 5. The molecule has 4 heterocycles. The number of aliphatic imine (C=N–C) groups is 1. The Kier molecular flexibility index (Phi) is 5.53. The van der Waals surface area contributed by atoms with Crippen molar-refractivity contribution >= 4 is 11.6 Å². The standard InChI is InChI=1S/C26H27N5O/c1-17-10-19(8-9-27-17)26-22-14-28-21(11-20(22)13-29-26)12-25(32)30-24-16-31(2)15-23(24)18-6-4-3-5-7-18/h3-11,14,23-24H,12-13,15-16H2,1-2H3,(H,30,32)/t23-,24+/m0/s1. The molecule has 0 bridgehead atoms. The van der Waals surface area contributed by atoms with E-state index in [0.717, 1.165) is 46.9 Å². The van der Waals surface area contributed by atoms with E-state index < -0.39 is 0 Å². The Morgan fingerprint density at radius 1 is 1.12 bits per heavy atom. The number of rotatable bonds is 5. The average Bonchev–Trinajstić information content (AvgIpc) is 3.37. The Labute approximate surface area is 188 Å². The van der Waals surface area contributed by atoms with E-state index in [1.807, 2.05) is 37.4 Å². The lowest BCUT2D eigenvalue weighted by Crippen LogP contribution is -2.40. The average molecular weight is 426 g/mol. The fourth-order valence-corrected chi connectivity index (χ4v) is 4.78. The van der Waals surface area contributed by atoms with Crippen molar-refractivity contribution in [3.05, 3.63) is 94.6 Å². The first-order valence-corrected chi connectivity index (χ1v) is 11.1. The lowest BCUT2D eigenvalue weighted by Gasteiger charge is -2.20. The van der Waals surface area contributed by atoms with Gasteiger partial charge in [-0.25, -0.2) is 0 Å². The number of nitrogens with one attached hydrogen (secondary N) is 1. The van der Waals surface area contributed by atoms with Gasteiger partial charge in [-0.2, -0.15) is 0 Å². The summed E-state index contributed by atoms with van der Waals surface area (Å²) in [6, 6.07) is 16.6. The summed E-state index contributed by atoms with van der Waals surface area (Å²) in [7, 11) is 2.10. The van der Waals surface area contributed by atoms with E-state index in [0.29, 0.717) is 12.5 Å². The molecule has 1 saturated heterocycles. The highest BCUT2D eigenvalue weighted by Crippen LogP contribution is 2.27. The first-order valence-electron chi connectivity index (χ1n) is 11.1. The van der Waals surface area contributed by atoms with Gasteiger partial charge in [0, 0.05) is 54.3 Å². The van der Waals surface area contributed by atoms with Gasteiger partial charge in [-0.15, -0.1) is 0 Å². The molecule has 2 aromatic heterocycles. The number of amides is 1. The van der Waals surface area contributed by atoms with Gasteiger partial charge in [-0.05, 0) is 43.3 Å². The molecule has 32 heavy (non-hydrogen) atoms. The summed E-state index contributed by atoms with van der Waals surface area (Å²) >= 11 is 0. The van der Waals surface area contributed by atoms with E-state index in [1.165, 1.54) is 5.56 Å². The summed E-state index contributed by atoms with van der Waals surface area (Å²) < 4.78 is 0. The molecule has 1 aromatic carbocycles. The van der Waals surface area contributed by atoms with Crippen LogP contribution in [0.4, 0.5) is 0 Å². The van der Waals surface area contributed by atoms with E-state index in [4.69, 9.17) is 4.99 Å². The fraction of sp³-hybridized carbons (Fsp3) is 0.308. The van der Waals surface area contributed by atoms with Crippen molar-refractivity contribution in [2.45, 2.75) is 31.8 Å². The number of carbonyl (C=O) groups excluding carboxylic acids is 1. The molecule has 3 aromatic rings. The Morgan fingerprint density at radius 2 is 1.97 bits per heavy atom. The quantitative estimate of drug-likeness (QED) is 0.682. The van der Waals surface area contributed by atoms with Crippen LogP contribution in [0.25, 0.3) is 0 Å². The zero-order chi connectivity index (χ0) is 22.1. The number of likely N-dealkylation sites (tertiary alicyclic amines) is 1. The van der Waals surface area contributed by atoms with Crippen LogP contribution in [0.2, 0.25) is 0 Å². The van der Waals surface area contributed by atoms with Crippen LogP contribution < -0.4 is 5.32 Å². The highest BCUT2D eigenvalue weighted by molar-refractivity contribution is 6.15. The van der Waals surface area contributed by atoms with Crippen molar-refractivity contribution in [3.63, 3.8) is 0 Å². The van der Waals surface area contributed by atoms with Gasteiger partial charge in [-0.1, -0.05) is 30.3 Å². The summed E-state index contributed by atoms with van der Waals surface area (Å²) in [5, 5.41) is 3.26. The minimum atomic E-state index is 0.0163. The maximum Gasteiger partial charge on any atom is 0.226 e. The van der Waals surface area contributed by atoms with Crippen molar-refractivity contribution < 1.29 is 4.79 Å². The van der Waals surface area contributed by atoms with Crippen LogP contribution in [0, 0.1) is 6.92 Å². The van der Waals surface area contributed by atoms with Gasteiger partial charge in [0.25, 0.3) is 0 Å². The van der Waals surface area contributed by atoms with Crippen LogP contribution in [0.15, 0.2) is 65.9 Å². The predicted octanol–water partition coefficient (Wildman–Crippen LogP) is 2.89. The number of fused-ring (bicyclic) bond motifs is 1. The topological polar surface area (TPSA) is 70.5 Å². The van der Waals surface area contributed by atoms with Crippen molar-refractivity contribution in [1.29, 1.82) is 0 Å². The fourth-order valence-electron chi connectivity index (χ4n) is 4.78. The monoisotopic (exact) mass is 425 g/mol. The van der Waals surface area contributed by atoms with Crippen molar-refractivity contribution in [3.8, 4) is 0 Å². The van der Waals surface area contributed by atoms with Crippen LogP contribution in [0.3, 0.4) is 0 Å². The first kappa shape index (κ1) is 20.5. The molecule has 0 aliphatic carbocycles. The summed E-state index contributed by atoms with van der Waals surface area (Å²) in [5.41, 5.74) is 7.19. The second kappa shape index (κ2) is 8.63. The van der Waals surface area contributed by atoms with Gasteiger partial charge in [0.2, 0.25) is 5.91 Å².